The fourth-order valence-electron chi connectivity index (χ4n) is 17.2. The van der Waals surface area contributed by atoms with E-state index in [1.807, 2.05) is 0 Å². The predicted octanol–water partition coefficient (Wildman–Crippen LogP) is 4.52. The average Bonchev–Trinajstić information content (AvgIpc) is 1.61. The highest BCUT2D eigenvalue weighted by Crippen LogP contribution is 2.51. The van der Waals surface area contributed by atoms with Gasteiger partial charge in [0.2, 0.25) is 17.7 Å². The van der Waals surface area contributed by atoms with Gasteiger partial charge in [0, 0.05) is 37.4 Å². The Kier molecular flexibility index (Phi) is 23.5. The quantitative estimate of drug-likeness (QED) is 0.0248. The lowest BCUT2D eigenvalue weighted by Crippen LogP contribution is -2.57. The summed E-state index contributed by atoms with van der Waals surface area (Å²) in [7, 11) is -5.65. The Morgan fingerprint density at radius 3 is 0.933 bits per heavy atom. The summed E-state index contributed by atoms with van der Waals surface area (Å²) in [5.74, 6) is -1.65. The molecule has 626 valence electrons. The van der Waals surface area contributed by atoms with Crippen LogP contribution in [0.5, 0.6) is 0 Å². The van der Waals surface area contributed by atoms with E-state index in [2.05, 4.69) is 80.8 Å². The van der Waals surface area contributed by atoms with Gasteiger partial charge >= 0.3 is 7.82 Å². The third-order valence-electron chi connectivity index (χ3n) is 24.6. The first kappa shape index (κ1) is 83.5. The lowest BCUT2D eigenvalue weighted by Gasteiger charge is -2.36. The Labute approximate surface area is 683 Å². The standard InChI is InChI=1S/C81H96N21O16P/c1-76(73(109)94-52-13-7-4-8-14-52,49-25-19-46(20-26-49)37-79(40-82)67(106)61(103)64(113-79)55-31-34-58-70(85)88-43-91-100(55)58)97-116-119(112,117-98-77(2,74(110)95-53-15-9-5-10-16-53)50-27-21-47(22-28-50)38-80(41-83)68(107)62(104)65(114-80)56-32-35-59-71(86)89-44-92-101(56)59)118-99-78(3,75(111)96-54-17-11-6-12-18-54)51-29-23-48(24-30-51)39-81(42-84)69(108)63(105)66(115-81)57-33-36-60-72(87)90-45-93-102(57)60/h19-36,43-45,52-54,61-69,97-99,103-108H,4-18,37-39H2,1-3H3,(H,94,109)(H,95,110)(H,96,111)(H2,85,88,91)(H2,86,89,92)(H2,87,90,93)/t61-,62-,63-,64-,65-,66-,67-,68-,69-,76-,77-,78-,79+,80+,81+/m0/s1. The van der Waals surface area contributed by atoms with E-state index >= 15 is 18.9 Å². The van der Waals surface area contributed by atoms with Crippen LogP contribution in [-0.2, 0) is 82.9 Å². The van der Waals surface area contributed by atoms with E-state index in [1.165, 1.54) is 89.7 Å². The lowest BCUT2D eigenvalue weighted by atomic mass is 9.86. The van der Waals surface area contributed by atoms with Gasteiger partial charge in [-0.05, 0) is 129 Å². The number of carbonyl (C=O) groups excluding carboxylic acids is 3. The van der Waals surface area contributed by atoms with Crippen LogP contribution in [-0.4, -0.2) is 164 Å². The molecule has 6 fully saturated rings. The van der Waals surface area contributed by atoms with Gasteiger partial charge in [-0.2, -0.15) is 61.4 Å². The highest BCUT2D eigenvalue weighted by atomic mass is 31.2. The molecule has 3 aromatic carbocycles. The van der Waals surface area contributed by atoms with Crippen LogP contribution in [0.3, 0.4) is 0 Å². The number of benzene rings is 3. The molecule has 38 heteroatoms. The number of phosphoric acid groups is 1. The third-order valence-corrected chi connectivity index (χ3v) is 25.5. The summed E-state index contributed by atoms with van der Waals surface area (Å²) in [6, 6.07) is 33.5. The molecule has 9 aromatic rings. The summed E-state index contributed by atoms with van der Waals surface area (Å²) in [6.07, 6.45) is 0.162. The molecule has 9 heterocycles. The molecule has 15 rings (SSSR count). The number of hydrogen-bond donors (Lipinski definition) is 15. The van der Waals surface area contributed by atoms with Gasteiger partial charge in [-0.1, -0.05) is 131 Å². The molecule has 3 saturated carbocycles. The van der Waals surface area contributed by atoms with E-state index in [0.29, 0.717) is 71.8 Å². The van der Waals surface area contributed by atoms with E-state index in [-0.39, 0.29) is 88.6 Å². The number of fused-ring (bicyclic) bond motifs is 3. The number of amides is 3. The fraction of sp³-hybridized carbons (Fsp3) is 0.481. The zero-order valence-corrected chi connectivity index (χ0v) is 66.5. The molecule has 6 aliphatic rings. The van der Waals surface area contributed by atoms with Crippen LogP contribution >= 0.6 is 7.82 Å². The first-order valence-corrected chi connectivity index (χ1v) is 41.3. The minimum Gasteiger partial charge on any atom is -0.387 e. The van der Waals surface area contributed by atoms with Crippen LogP contribution in [0.25, 0.3) is 16.6 Å². The maximum absolute atomic E-state index is 16.6. The van der Waals surface area contributed by atoms with Gasteiger partial charge in [0.15, 0.2) is 34.3 Å². The first-order valence-electron chi connectivity index (χ1n) is 39.9. The van der Waals surface area contributed by atoms with Crippen LogP contribution in [0.4, 0.5) is 17.5 Å². The van der Waals surface area contributed by atoms with Crippen LogP contribution in [0.15, 0.2) is 128 Å². The minimum absolute atomic E-state index is 0.142. The normalized spacial score (nSPS) is 27.4. The van der Waals surface area contributed by atoms with E-state index in [1.54, 1.807) is 72.8 Å². The van der Waals surface area contributed by atoms with Gasteiger partial charge in [0.05, 0.1) is 17.1 Å². The topological polar surface area (TPSA) is 557 Å². The number of anilines is 3. The fourth-order valence-corrected chi connectivity index (χ4v) is 18.2. The Hall–Kier alpha value is -10.6. The zero-order chi connectivity index (χ0) is 84.0. The van der Waals surface area contributed by atoms with Crippen molar-refractivity contribution in [2.45, 2.75) is 243 Å². The lowest BCUT2D eigenvalue weighted by molar-refractivity contribution is -0.136. The van der Waals surface area contributed by atoms with Crippen molar-refractivity contribution in [1.29, 1.82) is 15.8 Å². The molecule has 18 N–H and O–H groups in total. The molecular weight excluding hydrogens is 1550 g/mol. The summed E-state index contributed by atoms with van der Waals surface area (Å²) in [5.41, 5.74) is 17.9. The Morgan fingerprint density at radius 2 is 0.689 bits per heavy atom. The van der Waals surface area contributed by atoms with E-state index < -0.39 is 114 Å². The van der Waals surface area contributed by atoms with Crippen LogP contribution in [0.1, 0.15) is 186 Å². The summed E-state index contributed by atoms with van der Waals surface area (Å²) < 4.78 is 58.8. The monoisotopic (exact) mass is 1650 g/mol. The second-order valence-corrected chi connectivity index (χ2v) is 33.9. The number of aliphatic hydroxyl groups excluding tert-OH is 6. The number of aliphatic hydroxyl groups is 6. The zero-order valence-electron chi connectivity index (χ0n) is 65.6. The molecular formula is C81H96N21O16P. The number of nitrogens with one attached hydrogen (secondary N) is 6. The van der Waals surface area contributed by atoms with E-state index in [9.17, 15) is 46.4 Å². The SMILES string of the molecule is C[C@@](NOP(=O)(ON[C@](C)(C(=O)NC1CCCCC1)c1ccc(C[C@]2(C#N)O[C@@H](c3ccc4c(N)ncnn34)[C@H](O)[C@@H]2O)cc1)ON[C@](C)(C(=O)NC1CCCCC1)c1ccc(C[C@]2(C#N)O[C@@H](c3ccc4c(N)ncnn34)[C@H](O)[C@@H]2O)cc1)(C(=O)NC1CCCCC1)c1ccc(C[C@]2(C#N)O[C@@H](c3ccc4c(N)ncnn34)[C@H](O)[C@@H]2O)cc1. The Balaban J connectivity index is 0.768. The second kappa shape index (κ2) is 33.6. The maximum atomic E-state index is 16.6. The number of nitrogens with two attached hydrogens (primary N) is 3. The van der Waals surface area contributed by atoms with Gasteiger partial charge in [-0.15, -0.1) is 0 Å². The number of nitrogen functional groups attached to an aromatic ring is 3. The third kappa shape index (κ3) is 15.9. The van der Waals surface area contributed by atoms with Crippen LogP contribution in [0.2, 0.25) is 0 Å². The smallest absolute Gasteiger partial charge is 0.387 e. The number of hydroxylamine groups is 3. The largest absolute Gasteiger partial charge is 0.524 e. The van der Waals surface area contributed by atoms with E-state index in [0.717, 1.165) is 57.8 Å². The van der Waals surface area contributed by atoms with Crippen molar-refractivity contribution in [2.24, 2.45) is 0 Å². The summed E-state index contributed by atoms with van der Waals surface area (Å²) in [5, 5.41) is 125. The number of aromatic nitrogens is 9. The van der Waals surface area contributed by atoms with Gasteiger partial charge in [-0.25, -0.2) is 33.1 Å². The summed E-state index contributed by atoms with van der Waals surface area (Å²) in [6.45, 7) is 4.33. The minimum atomic E-state index is -5.65. The Bertz CT molecular complexity index is 4890. The predicted molar refractivity (Wildman–Crippen MR) is 423 cm³/mol. The highest BCUT2D eigenvalue weighted by Gasteiger charge is 2.59. The molecule has 15 atom stereocenters. The molecule has 3 aliphatic carbocycles. The van der Waals surface area contributed by atoms with E-state index in [4.69, 9.17) is 45.3 Å². The van der Waals surface area contributed by atoms with Crippen molar-refractivity contribution < 1.29 is 77.7 Å². The van der Waals surface area contributed by atoms with Crippen LogP contribution < -0.4 is 49.6 Å². The molecule has 0 spiro atoms. The Morgan fingerprint density at radius 1 is 0.437 bits per heavy atom. The van der Waals surface area contributed by atoms with Gasteiger partial charge in [0.25, 0.3) is 0 Å². The summed E-state index contributed by atoms with van der Waals surface area (Å²) in [4.78, 5) is 58.5. The van der Waals surface area contributed by atoms with Crippen molar-refractivity contribution in [3.8, 4) is 18.2 Å². The number of ether oxygens (including phenoxy) is 3. The second-order valence-electron chi connectivity index (χ2n) is 32.5. The average molecular weight is 1650 g/mol. The van der Waals surface area contributed by atoms with Gasteiger partial charge in [-0.3, -0.25) is 14.4 Å². The van der Waals surface area contributed by atoms with Crippen molar-refractivity contribution >= 4 is 59.5 Å². The van der Waals surface area contributed by atoms with Crippen molar-refractivity contribution in [1.82, 2.24) is 76.2 Å². The number of carbonyl (C=O) groups is 3. The van der Waals surface area contributed by atoms with Gasteiger partial charge in [0.1, 0.15) is 125 Å². The van der Waals surface area contributed by atoms with Crippen LogP contribution in [0, 0.1) is 34.0 Å². The number of nitrogens with zero attached hydrogens (tertiary/aromatic N) is 12. The summed E-state index contributed by atoms with van der Waals surface area (Å²) >= 11 is 0. The van der Waals surface area contributed by atoms with Crippen molar-refractivity contribution in [3.63, 3.8) is 0 Å². The molecule has 119 heavy (non-hydrogen) atoms. The number of hydrogen-bond acceptors (Lipinski definition) is 31. The molecule has 3 saturated heterocycles. The number of rotatable bonds is 27. The van der Waals surface area contributed by atoms with Gasteiger partial charge < -0.3 is 78.0 Å². The molecule has 0 radical (unpaired) electrons. The molecule has 37 nitrogen and oxygen atoms in total. The molecule has 6 aromatic heterocycles. The maximum Gasteiger partial charge on any atom is 0.524 e. The molecule has 0 bridgehead atoms. The van der Waals surface area contributed by atoms with Crippen molar-refractivity contribution in [2.75, 3.05) is 17.2 Å². The molecule has 0 unspecified atom stereocenters. The number of nitriles is 3. The first-order chi connectivity index (χ1) is 57.1. The highest BCUT2D eigenvalue weighted by molar-refractivity contribution is 7.48. The van der Waals surface area contributed by atoms with Crippen molar-refractivity contribution in [3.05, 3.63) is 179 Å². The molecule has 3 amide bonds. The molecule has 3 aliphatic heterocycles.